The molecule has 0 aliphatic carbocycles. The second-order valence-corrected chi connectivity index (χ2v) is 6.18. The lowest BCUT2D eigenvalue weighted by atomic mass is 10.2. The van der Waals surface area contributed by atoms with Gasteiger partial charge in [0.15, 0.2) is 10.6 Å². The Labute approximate surface area is 152 Å². The monoisotopic (exact) mass is 445 g/mol. The number of aromatic amines is 1. The zero-order valence-corrected chi connectivity index (χ0v) is 15.4. The first-order chi connectivity index (χ1) is 11.0. The van der Waals surface area contributed by atoms with Crippen LogP contribution in [0.4, 0.5) is 0 Å². The van der Waals surface area contributed by atoms with E-state index in [-0.39, 0.29) is 24.9 Å². The van der Waals surface area contributed by atoms with E-state index in [1.54, 1.807) is 16.7 Å². The number of carbonyl (C=O) groups excluding carboxylic acids is 2. The van der Waals surface area contributed by atoms with Crippen molar-refractivity contribution in [1.29, 1.82) is 0 Å². The van der Waals surface area contributed by atoms with Crippen molar-refractivity contribution in [3.05, 3.63) is 44.0 Å². The highest BCUT2D eigenvalue weighted by Crippen LogP contribution is 2.10. The van der Waals surface area contributed by atoms with Crippen molar-refractivity contribution in [3.8, 4) is 0 Å². The molecule has 0 saturated carbocycles. The third-order valence-electron chi connectivity index (χ3n) is 3.13. The van der Waals surface area contributed by atoms with Crippen LogP contribution in [0, 0.1) is 8.34 Å². The first-order valence-corrected chi connectivity index (χ1v) is 8.45. The van der Waals surface area contributed by atoms with Gasteiger partial charge in [-0.1, -0.05) is 12.1 Å². The van der Waals surface area contributed by atoms with Crippen LogP contribution in [0.2, 0.25) is 0 Å². The quantitative estimate of drug-likeness (QED) is 0.466. The first-order valence-electron chi connectivity index (χ1n) is 6.96. The van der Waals surface area contributed by atoms with Crippen molar-refractivity contribution in [3.63, 3.8) is 0 Å². The maximum atomic E-state index is 12.0. The molecule has 2 aromatic rings. The van der Waals surface area contributed by atoms with Gasteiger partial charge in [-0.15, -0.1) is 0 Å². The van der Waals surface area contributed by atoms with Gasteiger partial charge in [-0.2, -0.15) is 5.10 Å². The summed E-state index contributed by atoms with van der Waals surface area (Å²) in [6.07, 6.45) is 0. The first kappa shape index (κ1) is 17.6. The summed E-state index contributed by atoms with van der Waals surface area (Å²) < 4.78 is 3.14. The highest BCUT2D eigenvalue weighted by molar-refractivity contribution is 14.1. The zero-order valence-electron chi connectivity index (χ0n) is 12.4. The molecule has 3 N–H and O–H groups in total. The van der Waals surface area contributed by atoms with E-state index in [2.05, 4.69) is 43.4 Å². The molecule has 0 fully saturated rings. The van der Waals surface area contributed by atoms with Crippen LogP contribution in [0.3, 0.4) is 0 Å². The third-order valence-corrected chi connectivity index (χ3v) is 4.38. The molecule has 0 saturated heterocycles. The maximum Gasteiger partial charge on any atom is 0.252 e. The van der Waals surface area contributed by atoms with E-state index in [0.29, 0.717) is 22.7 Å². The Hall–Kier alpha value is -1.75. The van der Waals surface area contributed by atoms with Crippen LogP contribution in [0.1, 0.15) is 23.1 Å². The lowest BCUT2D eigenvalue weighted by Crippen LogP contribution is -2.37. The summed E-state index contributed by atoms with van der Waals surface area (Å²) in [7, 11) is 0. The lowest BCUT2D eigenvalue weighted by molar-refractivity contribution is -0.120. The molecule has 0 radical (unpaired) electrons. The van der Waals surface area contributed by atoms with Crippen molar-refractivity contribution in [2.24, 2.45) is 0 Å². The second-order valence-electron chi connectivity index (χ2n) is 4.63. The van der Waals surface area contributed by atoms with Crippen molar-refractivity contribution < 1.29 is 9.59 Å². The van der Waals surface area contributed by atoms with Crippen LogP contribution in [0.5, 0.6) is 0 Å². The van der Waals surface area contributed by atoms with Crippen LogP contribution in [0.25, 0.3) is 0 Å². The summed E-state index contributed by atoms with van der Waals surface area (Å²) in [4.78, 5) is 23.9. The van der Waals surface area contributed by atoms with Gasteiger partial charge in [0.05, 0.1) is 18.7 Å². The van der Waals surface area contributed by atoms with Crippen molar-refractivity contribution in [1.82, 2.24) is 25.4 Å². The lowest BCUT2D eigenvalue weighted by Gasteiger charge is -2.08. The SMILES string of the molecule is CCn1c(CNC(=O)CNC(=O)c2ccccc2I)n[nH]c1=S. The molecule has 0 aliphatic rings. The van der Waals surface area contributed by atoms with Gasteiger partial charge in [0, 0.05) is 10.1 Å². The van der Waals surface area contributed by atoms with Gasteiger partial charge in [0.1, 0.15) is 0 Å². The number of halogens is 1. The van der Waals surface area contributed by atoms with Crippen molar-refractivity contribution >= 4 is 46.6 Å². The van der Waals surface area contributed by atoms with Gasteiger partial charge in [-0.25, -0.2) is 0 Å². The number of aromatic nitrogens is 3. The normalized spacial score (nSPS) is 10.3. The molecule has 7 nitrogen and oxygen atoms in total. The average Bonchev–Trinajstić information content (AvgIpc) is 2.91. The van der Waals surface area contributed by atoms with Gasteiger partial charge in [0.2, 0.25) is 5.91 Å². The standard InChI is InChI=1S/C14H16IN5O2S/c1-2-20-11(18-19-14(20)23)7-16-12(21)8-17-13(22)9-5-3-4-6-10(9)15/h3-6H,2,7-8H2,1H3,(H,16,21)(H,17,22)(H,19,23). The summed E-state index contributed by atoms with van der Waals surface area (Å²) in [5, 5.41) is 12.0. The van der Waals surface area contributed by atoms with Crippen LogP contribution in [-0.2, 0) is 17.9 Å². The van der Waals surface area contributed by atoms with E-state index in [0.717, 1.165) is 3.57 Å². The van der Waals surface area contributed by atoms with E-state index in [1.807, 2.05) is 19.1 Å². The van der Waals surface area contributed by atoms with E-state index in [9.17, 15) is 9.59 Å². The molecule has 0 spiro atoms. The number of amides is 2. The molecule has 0 bridgehead atoms. The predicted octanol–water partition coefficient (Wildman–Crippen LogP) is 1.61. The second kappa shape index (κ2) is 8.20. The van der Waals surface area contributed by atoms with Gasteiger partial charge in [-0.05, 0) is 53.9 Å². The topological polar surface area (TPSA) is 91.8 Å². The van der Waals surface area contributed by atoms with E-state index >= 15 is 0 Å². The summed E-state index contributed by atoms with van der Waals surface area (Å²) in [6, 6.07) is 7.19. The number of carbonyl (C=O) groups is 2. The van der Waals surface area contributed by atoms with Gasteiger partial charge in [0.25, 0.3) is 5.91 Å². The zero-order chi connectivity index (χ0) is 16.8. The Kier molecular flexibility index (Phi) is 6.28. The number of nitrogens with one attached hydrogen (secondary N) is 3. The highest BCUT2D eigenvalue weighted by atomic mass is 127. The molecule has 122 valence electrons. The van der Waals surface area contributed by atoms with E-state index < -0.39 is 0 Å². The summed E-state index contributed by atoms with van der Waals surface area (Å²) in [5.74, 6) is 0.0806. The fourth-order valence-corrected chi connectivity index (χ4v) is 2.87. The Morgan fingerprint density at radius 1 is 1.35 bits per heavy atom. The third kappa shape index (κ3) is 4.61. The molecular weight excluding hydrogens is 429 g/mol. The minimum absolute atomic E-state index is 0.0961. The van der Waals surface area contributed by atoms with E-state index in [1.165, 1.54) is 0 Å². The number of hydrogen-bond acceptors (Lipinski definition) is 4. The number of H-pyrrole nitrogens is 1. The molecule has 0 aliphatic heterocycles. The Balaban J connectivity index is 1.85. The minimum atomic E-state index is -0.291. The summed E-state index contributed by atoms with van der Waals surface area (Å²) in [6.45, 7) is 2.77. The van der Waals surface area contributed by atoms with Crippen LogP contribution in [-0.4, -0.2) is 33.1 Å². The molecular formula is C14H16IN5O2S. The molecule has 2 rings (SSSR count). The maximum absolute atomic E-state index is 12.0. The number of rotatable bonds is 6. The van der Waals surface area contributed by atoms with Crippen LogP contribution in [0.15, 0.2) is 24.3 Å². The average molecular weight is 445 g/mol. The number of nitrogens with zero attached hydrogens (tertiary/aromatic N) is 2. The highest BCUT2D eigenvalue weighted by Gasteiger charge is 2.11. The van der Waals surface area contributed by atoms with E-state index in [4.69, 9.17) is 12.2 Å². The van der Waals surface area contributed by atoms with Crippen molar-refractivity contribution in [2.75, 3.05) is 6.54 Å². The minimum Gasteiger partial charge on any atom is -0.347 e. The van der Waals surface area contributed by atoms with Crippen LogP contribution >= 0.6 is 34.8 Å². The van der Waals surface area contributed by atoms with Gasteiger partial charge < -0.3 is 15.2 Å². The molecule has 23 heavy (non-hydrogen) atoms. The molecule has 0 unspecified atom stereocenters. The van der Waals surface area contributed by atoms with Crippen LogP contribution < -0.4 is 10.6 Å². The molecule has 9 heteroatoms. The molecule has 0 atom stereocenters. The number of hydrogen-bond donors (Lipinski definition) is 3. The largest absolute Gasteiger partial charge is 0.347 e. The fraction of sp³-hybridized carbons (Fsp3) is 0.286. The molecule has 1 aromatic heterocycles. The smallest absolute Gasteiger partial charge is 0.252 e. The molecule has 1 heterocycles. The number of benzene rings is 1. The Morgan fingerprint density at radius 2 is 2.09 bits per heavy atom. The Bertz CT molecular complexity index is 771. The molecule has 2 amide bonds. The predicted molar refractivity (Wildman–Crippen MR) is 96.4 cm³/mol. The van der Waals surface area contributed by atoms with Gasteiger partial charge >= 0.3 is 0 Å². The summed E-state index contributed by atoms with van der Waals surface area (Å²) >= 11 is 7.16. The van der Waals surface area contributed by atoms with Crippen molar-refractivity contribution in [2.45, 2.75) is 20.0 Å². The van der Waals surface area contributed by atoms with Gasteiger partial charge in [-0.3, -0.25) is 14.7 Å². The fourth-order valence-electron chi connectivity index (χ4n) is 1.95. The molecule has 1 aromatic carbocycles. The Morgan fingerprint density at radius 3 is 2.78 bits per heavy atom. The summed E-state index contributed by atoms with van der Waals surface area (Å²) in [5.41, 5.74) is 0.549.